The number of rotatable bonds is 2. The van der Waals surface area contributed by atoms with Gasteiger partial charge in [-0.15, -0.1) is 10.2 Å². The Morgan fingerprint density at radius 3 is 2.64 bits per heavy atom. The first-order valence-electron chi connectivity index (χ1n) is 2.72. The molecule has 0 aromatic carbocycles. The van der Waals surface area contributed by atoms with E-state index >= 15 is 0 Å². The minimum Gasteiger partial charge on any atom is -0.480 e. The largest absolute Gasteiger partial charge is 0.480 e. The highest BCUT2D eigenvalue weighted by Gasteiger charge is 2.01. The zero-order valence-corrected chi connectivity index (χ0v) is 6.54. The van der Waals surface area contributed by atoms with Gasteiger partial charge in [-0.05, 0) is 6.07 Å². The van der Waals surface area contributed by atoms with Crippen molar-refractivity contribution in [1.82, 2.24) is 10.2 Å². The number of hydrogen-bond acceptors (Lipinski definition) is 4. The summed E-state index contributed by atoms with van der Waals surface area (Å²) in [5, 5.41) is 6.94. The molecule has 1 N–H and O–H groups in total. The van der Waals surface area contributed by atoms with Crippen molar-refractivity contribution < 1.29 is 13.5 Å². The van der Waals surface area contributed by atoms with Crippen LogP contribution < -0.4 is 4.74 Å². The first-order valence-corrected chi connectivity index (χ1v) is 3.83. The molecule has 6 heteroatoms. The van der Waals surface area contributed by atoms with Crippen LogP contribution in [0.5, 0.6) is 5.88 Å². The predicted octanol–water partition coefficient (Wildman–Crippen LogP) is 0.0658. The summed E-state index contributed by atoms with van der Waals surface area (Å²) in [5.74, 6) is 0.319. The lowest BCUT2D eigenvalue weighted by Crippen LogP contribution is -1.96. The smallest absolute Gasteiger partial charge is 0.233 e. The number of aromatic nitrogens is 2. The highest BCUT2D eigenvalue weighted by atomic mass is 32.2. The monoisotopic (exact) mass is 174 g/mol. The minimum absolute atomic E-state index is 0.0193. The van der Waals surface area contributed by atoms with E-state index in [2.05, 4.69) is 10.2 Å². The van der Waals surface area contributed by atoms with Crippen molar-refractivity contribution in [2.45, 2.75) is 5.03 Å². The van der Waals surface area contributed by atoms with Gasteiger partial charge in [0.25, 0.3) is 0 Å². The summed E-state index contributed by atoms with van der Waals surface area (Å²) >= 11 is -2.07. The number of nitrogens with zero attached hydrogens (tertiary/aromatic N) is 2. The van der Waals surface area contributed by atoms with Crippen LogP contribution in [0.4, 0.5) is 0 Å². The van der Waals surface area contributed by atoms with Crippen LogP contribution in [0.3, 0.4) is 0 Å². The average Bonchev–Trinajstić information content (AvgIpc) is 2.05. The second-order valence-electron chi connectivity index (χ2n) is 1.66. The molecule has 1 heterocycles. The van der Waals surface area contributed by atoms with Crippen molar-refractivity contribution in [3.05, 3.63) is 12.1 Å². The number of methoxy groups -OCH3 is 1. The Hall–Kier alpha value is -1.01. The first-order chi connectivity index (χ1) is 5.24. The molecule has 0 aliphatic rings. The van der Waals surface area contributed by atoms with Crippen molar-refractivity contribution in [2.24, 2.45) is 0 Å². The molecule has 0 aliphatic heterocycles. The van der Waals surface area contributed by atoms with Crippen LogP contribution in [-0.4, -0.2) is 26.1 Å². The van der Waals surface area contributed by atoms with E-state index in [-0.39, 0.29) is 5.03 Å². The Balaban J connectivity index is 2.91. The summed E-state index contributed by atoms with van der Waals surface area (Å²) in [6.45, 7) is 0. The van der Waals surface area contributed by atoms with E-state index in [1.165, 1.54) is 19.2 Å². The van der Waals surface area contributed by atoms with E-state index in [1.54, 1.807) is 0 Å². The van der Waals surface area contributed by atoms with Gasteiger partial charge in [-0.3, -0.25) is 0 Å². The minimum atomic E-state index is -2.07. The topological polar surface area (TPSA) is 72.3 Å². The van der Waals surface area contributed by atoms with Gasteiger partial charge in [0.1, 0.15) is 0 Å². The van der Waals surface area contributed by atoms with Gasteiger partial charge < -0.3 is 9.29 Å². The number of hydrogen-bond donors (Lipinski definition) is 1. The highest BCUT2D eigenvalue weighted by molar-refractivity contribution is 7.79. The normalized spacial score (nSPS) is 12.5. The lowest BCUT2D eigenvalue weighted by molar-refractivity contribution is 0.389. The molecule has 0 bridgehead atoms. The van der Waals surface area contributed by atoms with Gasteiger partial charge in [-0.25, -0.2) is 4.21 Å². The quantitative estimate of drug-likeness (QED) is 0.642. The van der Waals surface area contributed by atoms with Crippen molar-refractivity contribution in [1.29, 1.82) is 0 Å². The molecule has 1 atom stereocenters. The summed E-state index contributed by atoms with van der Waals surface area (Å²) in [5.41, 5.74) is 0. The second-order valence-corrected chi connectivity index (χ2v) is 2.58. The van der Waals surface area contributed by atoms with Crippen molar-refractivity contribution in [3.63, 3.8) is 0 Å². The molecule has 5 nitrogen and oxygen atoms in total. The van der Waals surface area contributed by atoms with Gasteiger partial charge >= 0.3 is 0 Å². The molecule has 60 valence electrons. The third-order valence-corrected chi connectivity index (χ3v) is 1.58. The third kappa shape index (κ3) is 1.95. The lowest BCUT2D eigenvalue weighted by Gasteiger charge is -1.95. The standard InChI is InChI=1S/C5H6N2O3S/c1-10-4-2-3-5(7-6-4)11(8)9/h2-3H,1H3,(H,8,9). The van der Waals surface area contributed by atoms with E-state index in [9.17, 15) is 4.21 Å². The zero-order chi connectivity index (χ0) is 8.27. The Bertz CT molecular complexity index is 261. The van der Waals surface area contributed by atoms with E-state index in [0.29, 0.717) is 5.88 Å². The van der Waals surface area contributed by atoms with Crippen LogP contribution in [0.15, 0.2) is 17.2 Å². The van der Waals surface area contributed by atoms with Crippen molar-refractivity contribution in [2.75, 3.05) is 7.11 Å². The third-order valence-electron chi connectivity index (χ3n) is 1.00. The molecule has 0 saturated heterocycles. The molecule has 1 aromatic heterocycles. The summed E-state index contributed by atoms with van der Waals surface area (Å²) < 4.78 is 23.6. The van der Waals surface area contributed by atoms with Gasteiger partial charge in [-0.1, -0.05) is 0 Å². The highest BCUT2D eigenvalue weighted by Crippen LogP contribution is 2.04. The summed E-state index contributed by atoms with van der Waals surface area (Å²) in [7, 11) is 1.44. The molecule has 0 fully saturated rings. The second kappa shape index (κ2) is 3.40. The van der Waals surface area contributed by atoms with Gasteiger partial charge in [0.05, 0.1) is 7.11 Å². The Kier molecular flexibility index (Phi) is 2.50. The van der Waals surface area contributed by atoms with Gasteiger partial charge in [0.2, 0.25) is 17.0 Å². The van der Waals surface area contributed by atoms with E-state index in [4.69, 9.17) is 9.29 Å². The molecular weight excluding hydrogens is 168 g/mol. The molecule has 0 saturated carbocycles. The molecule has 1 unspecified atom stereocenters. The molecule has 1 aromatic rings. The van der Waals surface area contributed by atoms with Crippen LogP contribution in [0.25, 0.3) is 0 Å². The van der Waals surface area contributed by atoms with Crippen molar-refractivity contribution in [3.8, 4) is 5.88 Å². The maximum atomic E-state index is 10.4. The van der Waals surface area contributed by atoms with Gasteiger partial charge in [-0.2, -0.15) is 0 Å². The molecular formula is C5H6N2O3S. The molecule has 1 rings (SSSR count). The average molecular weight is 174 g/mol. The van der Waals surface area contributed by atoms with Crippen molar-refractivity contribution >= 4 is 11.1 Å². The summed E-state index contributed by atoms with van der Waals surface area (Å²) in [6, 6.07) is 2.85. The lowest BCUT2D eigenvalue weighted by atomic mass is 10.6. The Morgan fingerprint density at radius 1 is 1.55 bits per heavy atom. The fourth-order valence-electron chi connectivity index (χ4n) is 0.510. The van der Waals surface area contributed by atoms with E-state index < -0.39 is 11.1 Å². The molecule has 0 aliphatic carbocycles. The van der Waals surface area contributed by atoms with E-state index in [0.717, 1.165) is 0 Å². The molecule has 0 radical (unpaired) electrons. The zero-order valence-electron chi connectivity index (χ0n) is 5.72. The summed E-state index contributed by atoms with van der Waals surface area (Å²) in [6.07, 6.45) is 0. The fraction of sp³-hybridized carbons (Fsp3) is 0.200. The van der Waals surface area contributed by atoms with Gasteiger partial charge in [0.15, 0.2) is 5.03 Å². The Labute approximate surface area is 65.7 Å². The number of ether oxygens (including phenoxy) is 1. The molecule has 11 heavy (non-hydrogen) atoms. The van der Waals surface area contributed by atoms with Crippen LogP contribution >= 0.6 is 0 Å². The van der Waals surface area contributed by atoms with Crippen LogP contribution in [0.1, 0.15) is 0 Å². The van der Waals surface area contributed by atoms with Crippen LogP contribution in [0.2, 0.25) is 0 Å². The maximum absolute atomic E-state index is 10.4. The van der Waals surface area contributed by atoms with Crippen LogP contribution in [0, 0.1) is 0 Å². The Morgan fingerprint density at radius 2 is 2.27 bits per heavy atom. The SMILES string of the molecule is COc1ccc(S(=O)O)nn1. The predicted molar refractivity (Wildman–Crippen MR) is 37.6 cm³/mol. The maximum Gasteiger partial charge on any atom is 0.233 e. The van der Waals surface area contributed by atoms with E-state index in [1.807, 2.05) is 0 Å². The summed E-state index contributed by atoms with van der Waals surface area (Å²) in [4.78, 5) is 0. The van der Waals surface area contributed by atoms with Gasteiger partial charge in [0, 0.05) is 6.07 Å². The molecule has 0 spiro atoms. The molecule has 0 amide bonds. The van der Waals surface area contributed by atoms with Crippen LogP contribution in [-0.2, 0) is 11.1 Å². The first kappa shape index (κ1) is 8.09. The fourth-order valence-corrected chi connectivity index (χ4v) is 0.805.